The molecule has 0 unspecified atom stereocenters. The molecule has 1 aromatic carbocycles. The van der Waals surface area contributed by atoms with Crippen LogP contribution in [0.4, 0.5) is 0 Å². The van der Waals surface area contributed by atoms with Crippen LogP contribution in [0.25, 0.3) is 0 Å². The van der Waals surface area contributed by atoms with Crippen molar-refractivity contribution in [1.29, 1.82) is 0 Å². The Morgan fingerprint density at radius 3 is 3.00 bits per heavy atom. The number of hydrogen-bond acceptors (Lipinski definition) is 2. The minimum absolute atomic E-state index is 0.0264. The highest BCUT2D eigenvalue weighted by atomic mass is 16.5. The van der Waals surface area contributed by atoms with E-state index < -0.39 is 0 Å². The van der Waals surface area contributed by atoms with Crippen molar-refractivity contribution in [3.8, 4) is 0 Å². The molecule has 2 heteroatoms. The van der Waals surface area contributed by atoms with Gasteiger partial charge in [0.25, 0.3) is 0 Å². The molecule has 1 aliphatic rings. The molecule has 2 nitrogen and oxygen atoms in total. The van der Waals surface area contributed by atoms with Crippen LogP contribution in [0.15, 0.2) is 24.3 Å². The fourth-order valence-electron chi connectivity index (χ4n) is 1.78. The maximum Gasteiger partial charge on any atom is 0.168 e. The van der Waals surface area contributed by atoms with Gasteiger partial charge in [0.1, 0.15) is 6.61 Å². The summed E-state index contributed by atoms with van der Waals surface area (Å²) in [5.74, 6) is 0.180. The lowest BCUT2D eigenvalue weighted by Gasteiger charge is -2.07. The number of hydrogen-bond donors (Lipinski definition) is 0. The van der Waals surface area contributed by atoms with E-state index in [-0.39, 0.29) is 18.3 Å². The molecule has 1 aromatic rings. The molecule has 0 N–H and O–H groups in total. The first-order chi connectivity index (χ1) is 6.81. The Bertz CT molecular complexity index is 344. The number of Topliss-reactive ketones (excluding diaryl/α,β-unsaturated/α-hetero) is 1. The summed E-state index contributed by atoms with van der Waals surface area (Å²) in [4.78, 5) is 11.4. The Kier molecular flexibility index (Phi) is 2.64. The highest BCUT2D eigenvalue weighted by Crippen LogP contribution is 2.23. The SMILES string of the molecule is CCc1cccc([C@@H]2COCC2=O)c1. The average Bonchev–Trinajstić information content (AvgIpc) is 2.65. The van der Waals surface area contributed by atoms with E-state index in [1.807, 2.05) is 12.1 Å². The lowest BCUT2D eigenvalue weighted by molar-refractivity contribution is -0.118. The van der Waals surface area contributed by atoms with E-state index >= 15 is 0 Å². The molecule has 2 rings (SSSR count). The summed E-state index contributed by atoms with van der Waals surface area (Å²) in [6.45, 7) is 2.94. The van der Waals surface area contributed by atoms with Crippen LogP contribution < -0.4 is 0 Å². The summed E-state index contributed by atoms with van der Waals surface area (Å²) >= 11 is 0. The molecule has 14 heavy (non-hydrogen) atoms. The van der Waals surface area contributed by atoms with Gasteiger partial charge in [-0.2, -0.15) is 0 Å². The average molecular weight is 190 g/mol. The summed E-state index contributed by atoms with van der Waals surface area (Å²) in [5, 5.41) is 0. The van der Waals surface area contributed by atoms with Crippen LogP contribution in [0.5, 0.6) is 0 Å². The number of ether oxygens (including phenoxy) is 1. The molecule has 0 bridgehead atoms. The van der Waals surface area contributed by atoms with Crippen LogP contribution in [0, 0.1) is 0 Å². The van der Waals surface area contributed by atoms with Crippen molar-refractivity contribution in [3.05, 3.63) is 35.4 Å². The molecule has 0 spiro atoms. The molecule has 1 fully saturated rings. The van der Waals surface area contributed by atoms with Gasteiger partial charge in [0, 0.05) is 0 Å². The van der Waals surface area contributed by atoms with Gasteiger partial charge in [0.05, 0.1) is 12.5 Å². The molecular weight excluding hydrogens is 176 g/mol. The second kappa shape index (κ2) is 3.93. The summed E-state index contributed by atoms with van der Waals surface area (Å²) in [6.07, 6.45) is 1.01. The standard InChI is InChI=1S/C12H14O2/c1-2-9-4-3-5-10(6-9)11-7-14-8-12(11)13/h3-6,11H,2,7-8H2,1H3/t11-/m0/s1. The number of benzene rings is 1. The fourth-order valence-corrected chi connectivity index (χ4v) is 1.78. The zero-order valence-electron chi connectivity index (χ0n) is 8.32. The zero-order chi connectivity index (χ0) is 9.97. The lowest BCUT2D eigenvalue weighted by atomic mass is 9.95. The van der Waals surface area contributed by atoms with Gasteiger partial charge < -0.3 is 4.74 Å². The molecule has 0 amide bonds. The minimum atomic E-state index is -0.0264. The fraction of sp³-hybridized carbons (Fsp3) is 0.417. The third kappa shape index (κ3) is 1.70. The summed E-state index contributed by atoms with van der Waals surface area (Å²) < 4.78 is 5.15. The van der Waals surface area contributed by atoms with Crippen LogP contribution in [-0.2, 0) is 16.0 Å². The second-order valence-corrected chi connectivity index (χ2v) is 3.63. The minimum Gasteiger partial charge on any atom is -0.373 e. The van der Waals surface area contributed by atoms with Crippen molar-refractivity contribution in [2.45, 2.75) is 19.3 Å². The molecule has 1 atom stereocenters. The molecule has 0 aliphatic carbocycles. The number of aryl methyl sites for hydroxylation is 1. The molecule has 1 saturated heterocycles. The van der Waals surface area contributed by atoms with Crippen LogP contribution in [-0.4, -0.2) is 19.0 Å². The Labute approximate surface area is 83.9 Å². The molecule has 1 aliphatic heterocycles. The molecule has 0 aromatic heterocycles. The third-order valence-corrected chi connectivity index (χ3v) is 2.68. The van der Waals surface area contributed by atoms with E-state index in [4.69, 9.17) is 4.74 Å². The van der Waals surface area contributed by atoms with E-state index in [2.05, 4.69) is 19.1 Å². The first kappa shape index (κ1) is 9.41. The third-order valence-electron chi connectivity index (χ3n) is 2.68. The highest BCUT2D eigenvalue weighted by Gasteiger charge is 2.26. The van der Waals surface area contributed by atoms with Crippen molar-refractivity contribution in [1.82, 2.24) is 0 Å². The topological polar surface area (TPSA) is 26.3 Å². The van der Waals surface area contributed by atoms with Gasteiger partial charge in [-0.3, -0.25) is 4.79 Å². The van der Waals surface area contributed by atoms with Gasteiger partial charge >= 0.3 is 0 Å². The normalized spacial score (nSPS) is 21.5. The van der Waals surface area contributed by atoms with Gasteiger partial charge in [-0.15, -0.1) is 0 Å². The van der Waals surface area contributed by atoms with Crippen molar-refractivity contribution in [3.63, 3.8) is 0 Å². The van der Waals surface area contributed by atoms with Gasteiger partial charge in [-0.25, -0.2) is 0 Å². The predicted molar refractivity (Wildman–Crippen MR) is 54.4 cm³/mol. The van der Waals surface area contributed by atoms with Gasteiger partial charge in [0.2, 0.25) is 0 Å². The van der Waals surface area contributed by atoms with Crippen LogP contribution >= 0.6 is 0 Å². The number of rotatable bonds is 2. The van der Waals surface area contributed by atoms with Crippen LogP contribution in [0.3, 0.4) is 0 Å². The first-order valence-electron chi connectivity index (χ1n) is 5.00. The van der Waals surface area contributed by atoms with E-state index in [1.54, 1.807) is 0 Å². The van der Waals surface area contributed by atoms with E-state index in [9.17, 15) is 4.79 Å². The highest BCUT2D eigenvalue weighted by molar-refractivity contribution is 5.88. The van der Waals surface area contributed by atoms with Crippen LogP contribution in [0.2, 0.25) is 0 Å². The molecular formula is C12H14O2. The van der Waals surface area contributed by atoms with Crippen molar-refractivity contribution < 1.29 is 9.53 Å². The quantitative estimate of drug-likeness (QED) is 0.712. The first-order valence-corrected chi connectivity index (χ1v) is 5.00. The molecule has 0 radical (unpaired) electrons. The Morgan fingerprint density at radius 2 is 2.36 bits per heavy atom. The van der Waals surface area contributed by atoms with E-state index in [1.165, 1.54) is 5.56 Å². The number of carbonyl (C=O) groups excluding carboxylic acids is 1. The smallest absolute Gasteiger partial charge is 0.168 e. The maximum atomic E-state index is 11.4. The Hall–Kier alpha value is -1.15. The Morgan fingerprint density at radius 1 is 1.50 bits per heavy atom. The monoisotopic (exact) mass is 190 g/mol. The van der Waals surface area contributed by atoms with Gasteiger partial charge in [-0.05, 0) is 17.5 Å². The molecule has 0 saturated carbocycles. The van der Waals surface area contributed by atoms with Gasteiger partial charge in [-0.1, -0.05) is 31.2 Å². The largest absolute Gasteiger partial charge is 0.373 e. The number of carbonyl (C=O) groups is 1. The summed E-state index contributed by atoms with van der Waals surface area (Å²) in [5.41, 5.74) is 2.38. The summed E-state index contributed by atoms with van der Waals surface area (Å²) in [7, 11) is 0. The molecule has 1 heterocycles. The van der Waals surface area contributed by atoms with Crippen molar-refractivity contribution >= 4 is 5.78 Å². The van der Waals surface area contributed by atoms with Crippen molar-refractivity contribution in [2.75, 3.05) is 13.2 Å². The Balaban J connectivity index is 2.26. The van der Waals surface area contributed by atoms with E-state index in [0.717, 1.165) is 12.0 Å². The van der Waals surface area contributed by atoms with E-state index in [0.29, 0.717) is 6.61 Å². The van der Waals surface area contributed by atoms with Crippen molar-refractivity contribution in [2.24, 2.45) is 0 Å². The number of ketones is 1. The van der Waals surface area contributed by atoms with Crippen LogP contribution in [0.1, 0.15) is 24.0 Å². The zero-order valence-corrected chi connectivity index (χ0v) is 8.32. The lowest BCUT2D eigenvalue weighted by Crippen LogP contribution is -2.09. The second-order valence-electron chi connectivity index (χ2n) is 3.63. The maximum absolute atomic E-state index is 11.4. The van der Waals surface area contributed by atoms with Gasteiger partial charge in [0.15, 0.2) is 5.78 Å². The predicted octanol–water partition coefficient (Wildman–Crippen LogP) is 1.93. The summed E-state index contributed by atoms with van der Waals surface area (Å²) in [6, 6.07) is 8.22. The molecule has 74 valence electrons.